The largest absolute Gasteiger partial charge is 0.310 e. The molecule has 1 atom stereocenters. The van der Waals surface area contributed by atoms with Crippen molar-refractivity contribution in [1.82, 2.24) is 15.2 Å². The van der Waals surface area contributed by atoms with Crippen LogP contribution in [0.25, 0.3) is 0 Å². The second-order valence-corrected chi connectivity index (χ2v) is 7.35. The minimum Gasteiger partial charge on any atom is -0.310 e. The highest BCUT2D eigenvalue weighted by Gasteiger charge is 2.38. The first kappa shape index (κ1) is 14.5. The Morgan fingerprint density at radius 2 is 2.16 bits per heavy atom. The zero-order valence-corrected chi connectivity index (χ0v) is 12.9. The average Bonchev–Trinajstić information content (AvgIpc) is 2.31. The van der Waals surface area contributed by atoms with Crippen molar-refractivity contribution in [3.63, 3.8) is 0 Å². The van der Waals surface area contributed by atoms with Crippen LogP contribution in [-0.4, -0.2) is 34.6 Å². The van der Waals surface area contributed by atoms with Gasteiger partial charge in [-0.1, -0.05) is 26.8 Å². The number of rotatable bonds is 2. The lowest BCUT2D eigenvalue weighted by molar-refractivity contribution is 0.0295. The van der Waals surface area contributed by atoms with Crippen LogP contribution in [0.1, 0.15) is 40.2 Å². The molecule has 1 fully saturated rings. The van der Waals surface area contributed by atoms with Gasteiger partial charge in [0.1, 0.15) is 0 Å². The standard InChI is InChI=1S/C16H27N3/c1-15(2,3)14-11-19(16(4,5)12-18-14)10-13-7-6-8-17-9-13/h6-9,14,18H,10-12H2,1-5H3. The Balaban J connectivity index is 2.11. The smallest absolute Gasteiger partial charge is 0.0312 e. The van der Waals surface area contributed by atoms with Crippen molar-refractivity contribution in [1.29, 1.82) is 0 Å². The first-order valence-corrected chi connectivity index (χ1v) is 7.16. The van der Waals surface area contributed by atoms with Gasteiger partial charge in [0.05, 0.1) is 0 Å². The minimum atomic E-state index is 0.192. The van der Waals surface area contributed by atoms with Crippen LogP contribution in [0.3, 0.4) is 0 Å². The third-order valence-corrected chi connectivity index (χ3v) is 4.18. The number of pyridine rings is 1. The zero-order chi connectivity index (χ0) is 14.1. The number of piperazine rings is 1. The van der Waals surface area contributed by atoms with E-state index in [0.29, 0.717) is 11.5 Å². The van der Waals surface area contributed by atoms with Crippen LogP contribution in [0, 0.1) is 5.41 Å². The van der Waals surface area contributed by atoms with E-state index in [1.165, 1.54) is 5.56 Å². The molecule has 0 saturated carbocycles. The molecule has 1 aromatic heterocycles. The second kappa shape index (κ2) is 5.22. The molecule has 0 bridgehead atoms. The van der Waals surface area contributed by atoms with Crippen molar-refractivity contribution in [3.8, 4) is 0 Å². The number of aromatic nitrogens is 1. The third-order valence-electron chi connectivity index (χ3n) is 4.18. The molecule has 1 aliphatic rings. The molecule has 106 valence electrons. The summed E-state index contributed by atoms with van der Waals surface area (Å²) in [6.45, 7) is 14.7. The molecule has 0 radical (unpaired) electrons. The lowest BCUT2D eigenvalue weighted by Gasteiger charge is -2.49. The van der Waals surface area contributed by atoms with E-state index < -0.39 is 0 Å². The molecular formula is C16H27N3. The Hall–Kier alpha value is -0.930. The summed E-state index contributed by atoms with van der Waals surface area (Å²) >= 11 is 0. The third kappa shape index (κ3) is 3.54. The molecular weight excluding hydrogens is 234 g/mol. The average molecular weight is 261 g/mol. The van der Waals surface area contributed by atoms with Crippen LogP contribution < -0.4 is 5.32 Å². The highest BCUT2D eigenvalue weighted by Crippen LogP contribution is 2.28. The molecule has 0 aromatic carbocycles. The summed E-state index contributed by atoms with van der Waals surface area (Å²) in [7, 11) is 0. The maximum Gasteiger partial charge on any atom is 0.0312 e. The van der Waals surface area contributed by atoms with Gasteiger partial charge >= 0.3 is 0 Å². The van der Waals surface area contributed by atoms with Gasteiger partial charge in [-0.2, -0.15) is 0 Å². The summed E-state index contributed by atoms with van der Waals surface area (Å²) in [5.74, 6) is 0. The van der Waals surface area contributed by atoms with Crippen molar-refractivity contribution < 1.29 is 0 Å². The predicted molar refractivity (Wildman–Crippen MR) is 80.0 cm³/mol. The van der Waals surface area contributed by atoms with E-state index in [0.717, 1.165) is 19.6 Å². The maximum atomic E-state index is 4.22. The summed E-state index contributed by atoms with van der Waals surface area (Å²) in [6, 6.07) is 4.72. The Morgan fingerprint density at radius 3 is 2.74 bits per heavy atom. The van der Waals surface area contributed by atoms with Crippen LogP contribution in [0.15, 0.2) is 24.5 Å². The Kier molecular flexibility index (Phi) is 3.98. The molecule has 0 spiro atoms. The fourth-order valence-electron chi connectivity index (χ4n) is 2.59. The molecule has 1 aliphatic heterocycles. The first-order chi connectivity index (χ1) is 8.79. The van der Waals surface area contributed by atoms with Crippen LogP contribution in [-0.2, 0) is 6.54 Å². The molecule has 2 rings (SSSR count). The number of hydrogen-bond acceptors (Lipinski definition) is 3. The van der Waals surface area contributed by atoms with Crippen LogP contribution >= 0.6 is 0 Å². The van der Waals surface area contributed by atoms with E-state index in [4.69, 9.17) is 0 Å². The van der Waals surface area contributed by atoms with E-state index >= 15 is 0 Å². The van der Waals surface area contributed by atoms with Gasteiger partial charge in [-0.25, -0.2) is 0 Å². The fraction of sp³-hybridized carbons (Fsp3) is 0.688. The molecule has 0 amide bonds. The highest BCUT2D eigenvalue weighted by molar-refractivity contribution is 5.10. The normalized spacial score (nSPS) is 24.4. The second-order valence-electron chi connectivity index (χ2n) is 7.35. The highest BCUT2D eigenvalue weighted by atomic mass is 15.3. The predicted octanol–water partition coefficient (Wildman–Crippen LogP) is 2.68. The van der Waals surface area contributed by atoms with E-state index in [1.54, 1.807) is 0 Å². The summed E-state index contributed by atoms with van der Waals surface area (Å²) in [4.78, 5) is 6.80. The number of hydrogen-bond donors (Lipinski definition) is 1. The van der Waals surface area contributed by atoms with Gasteiger partial charge in [0.25, 0.3) is 0 Å². The van der Waals surface area contributed by atoms with Gasteiger partial charge in [-0.3, -0.25) is 9.88 Å². The van der Waals surface area contributed by atoms with Crippen LogP contribution in [0.4, 0.5) is 0 Å². The van der Waals surface area contributed by atoms with E-state index in [1.807, 2.05) is 18.5 Å². The lowest BCUT2D eigenvalue weighted by atomic mass is 9.82. The fourth-order valence-corrected chi connectivity index (χ4v) is 2.59. The molecule has 3 nitrogen and oxygen atoms in total. The number of nitrogens with zero attached hydrogens (tertiary/aromatic N) is 2. The van der Waals surface area contributed by atoms with Gasteiger partial charge in [-0.05, 0) is 30.9 Å². The molecule has 1 aromatic rings. The van der Waals surface area contributed by atoms with Gasteiger partial charge in [0, 0.05) is 43.6 Å². The monoisotopic (exact) mass is 261 g/mol. The quantitative estimate of drug-likeness (QED) is 0.887. The summed E-state index contributed by atoms with van der Waals surface area (Å²) in [5, 5.41) is 3.71. The van der Waals surface area contributed by atoms with Crippen molar-refractivity contribution in [3.05, 3.63) is 30.1 Å². The van der Waals surface area contributed by atoms with Crippen LogP contribution in [0.5, 0.6) is 0 Å². The molecule has 19 heavy (non-hydrogen) atoms. The topological polar surface area (TPSA) is 28.2 Å². The van der Waals surface area contributed by atoms with E-state index in [2.05, 4.69) is 55.9 Å². The summed E-state index contributed by atoms with van der Waals surface area (Å²) < 4.78 is 0. The Labute approximate surface area is 117 Å². The maximum absolute atomic E-state index is 4.22. The van der Waals surface area contributed by atoms with Crippen molar-refractivity contribution >= 4 is 0 Å². The van der Waals surface area contributed by atoms with Gasteiger partial charge in [0.15, 0.2) is 0 Å². The summed E-state index contributed by atoms with van der Waals surface area (Å²) in [5.41, 5.74) is 1.78. The minimum absolute atomic E-state index is 0.192. The molecule has 1 N–H and O–H groups in total. The van der Waals surface area contributed by atoms with Crippen molar-refractivity contribution in [2.75, 3.05) is 13.1 Å². The van der Waals surface area contributed by atoms with Crippen molar-refractivity contribution in [2.24, 2.45) is 5.41 Å². The lowest BCUT2D eigenvalue weighted by Crippen LogP contribution is -2.64. The molecule has 0 aliphatic carbocycles. The number of nitrogens with one attached hydrogen (secondary N) is 1. The molecule has 3 heteroatoms. The summed E-state index contributed by atoms with van der Waals surface area (Å²) in [6.07, 6.45) is 3.81. The zero-order valence-electron chi connectivity index (χ0n) is 12.9. The molecule has 1 unspecified atom stereocenters. The van der Waals surface area contributed by atoms with Gasteiger partial charge in [-0.15, -0.1) is 0 Å². The van der Waals surface area contributed by atoms with Crippen molar-refractivity contribution in [2.45, 2.75) is 52.7 Å². The molecule has 1 saturated heterocycles. The SMILES string of the molecule is CC(C)(C)C1CN(Cc2cccnc2)C(C)(C)CN1. The Morgan fingerprint density at radius 1 is 1.42 bits per heavy atom. The van der Waals surface area contributed by atoms with E-state index in [-0.39, 0.29) is 5.54 Å². The molecule has 2 heterocycles. The first-order valence-electron chi connectivity index (χ1n) is 7.16. The van der Waals surface area contributed by atoms with Gasteiger partial charge < -0.3 is 5.32 Å². The Bertz CT molecular complexity index is 406. The van der Waals surface area contributed by atoms with Crippen LogP contribution in [0.2, 0.25) is 0 Å². The van der Waals surface area contributed by atoms with E-state index in [9.17, 15) is 0 Å². The van der Waals surface area contributed by atoms with Gasteiger partial charge in [0.2, 0.25) is 0 Å².